The zero-order chi connectivity index (χ0) is 17.7. The Kier molecular flexibility index (Phi) is 6.20. The molecule has 1 aliphatic heterocycles. The molecule has 6 heteroatoms. The lowest BCUT2D eigenvalue weighted by Gasteiger charge is -2.37. The number of likely N-dealkylation sites (tertiary alicyclic amines) is 1. The topological polar surface area (TPSA) is 70.1 Å². The Balaban J connectivity index is 1.98. The maximum absolute atomic E-state index is 12.7. The first-order valence-electron chi connectivity index (χ1n) is 8.36. The van der Waals surface area contributed by atoms with Gasteiger partial charge in [-0.25, -0.2) is 0 Å². The summed E-state index contributed by atoms with van der Waals surface area (Å²) in [7, 11) is 1.60. The SMILES string of the molecule is CCN(CC(=O)O)C1CCN(C(=O)c2ccc(C)c(OC)c2)CC1. The minimum absolute atomic E-state index is 0.00744. The number of methoxy groups -OCH3 is 1. The van der Waals surface area contributed by atoms with Gasteiger partial charge >= 0.3 is 5.97 Å². The fraction of sp³-hybridized carbons (Fsp3) is 0.556. The van der Waals surface area contributed by atoms with Gasteiger partial charge in [0.2, 0.25) is 0 Å². The number of carboxylic acid groups (broad SMARTS) is 1. The van der Waals surface area contributed by atoms with Gasteiger partial charge < -0.3 is 14.7 Å². The minimum Gasteiger partial charge on any atom is -0.496 e. The highest BCUT2D eigenvalue weighted by atomic mass is 16.5. The number of amides is 1. The molecule has 0 atom stereocenters. The lowest BCUT2D eigenvalue weighted by molar-refractivity contribution is -0.139. The molecular formula is C18H26N2O4. The van der Waals surface area contributed by atoms with Crippen LogP contribution < -0.4 is 4.74 Å². The highest BCUT2D eigenvalue weighted by Gasteiger charge is 2.27. The van der Waals surface area contributed by atoms with Crippen molar-refractivity contribution in [2.45, 2.75) is 32.7 Å². The van der Waals surface area contributed by atoms with Gasteiger partial charge in [0.05, 0.1) is 13.7 Å². The zero-order valence-electron chi connectivity index (χ0n) is 14.6. The number of benzene rings is 1. The van der Waals surface area contributed by atoms with E-state index >= 15 is 0 Å². The van der Waals surface area contributed by atoms with E-state index in [1.165, 1.54) is 0 Å². The van der Waals surface area contributed by atoms with Gasteiger partial charge in [0.1, 0.15) is 5.75 Å². The van der Waals surface area contributed by atoms with Crippen LogP contribution in [0.3, 0.4) is 0 Å². The van der Waals surface area contributed by atoms with Crippen molar-refractivity contribution in [1.82, 2.24) is 9.80 Å². The molecule has 0 saturated carbocycles. The van der Waals surface area contributed by atoms with Gasteiger partial charge in [0, 0.05) is 24.7 Å². The number of rotatable bonds is 6. The summed E-state index contributed by atoms with van der Waals surface area (Å²) < 4.78 is 5.29. The van der Waals surface area contributed by atoms with Crippen molar-refractivity contribution < 1.29 is 19.4 Å². The molecule has 1 amide bonds. The van der Waals surface area contributed by atoms with E-state index in [1.54, 1.807) is 13.2 Å². The molecule has 2 rings (SSSR count). The van der Waals surface area contributed by atoms with Gasteiger partial charge in [-0.05, 0) is 44.0 Å². The lowest BCUT2D eigenvalue weighted by atomic mass is 10.0. The summed E-state index contributed by atoms with van der Waals surface area (Å²) in [4.78, 5) is 27.4. The number of aliphatic carboxylic acids is 1. The number of ether oxygens (including phenoxy) is 1. The van der Waals surface area contributed by atoms with E-state index in [-0.39, 0.29) is 18.5 Å². The molecule has 0 unspecified atom stereocenters. The summed E-state index contributed by atoms with van der Waals surface area (Å²) >= 11 is 0. The third-order valence-corrected chi connectivity index (χ3v) is 4.67. The highest BCUT2D eigenvalue weighted by molar-refractivity contribution is 5.94. The molecule has 24 heavy (non-hydrogen) atoms. The predicted octanol–water partition coefficient (Wildman–Crippen LogP) is 2.01. The van der Waals surface area contributed by atoms with Crippen molar-refractivity contribution >= 4 is 11.9 Å². The van der Waals surface area contributed by atoms with E-state index in [1.807, 2.05) is 35.8 Å². The molecule has 1 aromatic rings. The number of carbonyl (C=O) groups is 2. The number of aryl methyl sites for hydroxylation is 1. The second-order valence-electron chi connectivity index (χ2n) is 6.16. The van der Waals surface area contributed by atoms with Gasteiger partial charge in [-0.15, -0.1) is 0 Å². The van der Waals surface area contributed by atoms with Crippen LogP contribution >= 0.6 is 0 Å². The first-order chi connectivity index (χ1) is 11.5. The number of piperidine rings is 1. The van der Waals surface area contributed by atoms with Gasteiger partial charge in [-0.2, -0.15) is 0 Å². The molecule has 132 valence electrons. The average molecular weight is 334 g/mol. The van der Waals surface area contributed by atoms with Crippen LogP contribution in [0.1, 0.15) is 35.7 Å². The molecule has 0 radical (unpaired) electrons. The second kappa shape index (κ2) is 8.15. The van der Waals surface area contributed by atoms with Crippen molar-refractivity contribution in [2.75, 3.05) is 33.3 Å². The van der Waals surface area contributed by atoms with Crippen LogP contribution in [0.2, 0.25) is 0 Å². The highest BCUT2D eigenvalue weighted by Crippen LogP contribution is 2.22. The Morgan fingerprint density at radius 2 is 2.00 bits per heavy atom. The van der Waals surface area contributed by atoms with E-state index in [9.17, 15) is 9.59 Å². The van der Waals surface area contributed by atoms with Gasteiger partial charge in [-0.3, -0.25) is 14.5 Å². The zero-order valence-corrected chi connectivity index (χ0v) is 14.6. The minimum atomic E-state index is -0.804. The number of carboxylic acids is 1. The third kappa shape index (κ3) is 4.26. The number of hydrogen-bond acceptors (Lipinski definition) is 4. The van der Waals surface area contributed by atoms with Crippen LogP contribution in [-0.4, -0.2) is 66.1 Å². The van der Waals surface area contributed by atoms with Crippen molar-refractivity contribution in [3.05, 3.63) is 29.3 Å². The Labute approximate surface area is 143 Å². The molecule has 0 aliphatic carbocycles. The standard InChI is InChI=1S/C18H26N2O4/c1-4-19(12-17(21)22)15-7-9-20(10-8-15)18(23)14-6-5-13(2)16(11-14)24-3/h5-6,11,15H,4,7-10,12H2,1-3H3,(H,21,22). The van der Waals surface area contributed by atoms with Gasteiger partial charge in [0.25, 0.3) is 5.91 Å². The number of nitrogens with zero attached hydrogens (tertiary/aromatic N) is 2. The lowest BCUT2D eigenvalue weighted by Crippen LogP contribution is -2.48. The van der Waals surface area contributed by atoms with E-state index in [4.69, 9.17) is 9.84 Å². The summed E-state index contributed by atoms with van der Waals surface area (Å²) in [5.74, 6) is -0.0792. The number of likely N-dealkylation sites (N-methyl/N-ethyl adjacent to an activating group) is 1. The summed E-state index contributed by atoms with van der Waals surface area (Å²) in [5.41, 5.74) is 1.63. The van der Waals surface area contributed by atoms with E-state index in [0.717, 1.165) is 18.4 Å². The summed E-state index contributed by atoms with van der Waals surface area (Å²) in [6.07, 6.45) is 1.60. The maximum Gasteiger partial charge on any atom is 0.317 e. The Morgan fingerprint density at radius 3 is 2.54 bits per heavy atom. The molecule has 0 aromatic heterocycles. The Morgan fingerprint density at radius 1 is 1.33 bits per heavy atom. The molecule has 0 bridgehead atoms. The third-order valence-electron chi connectivity index (χ3n) is 4.67. The Bertz CT molecular complexity index is 595. The van der Waals surface area contributed by atoms with Crippen LogP contribution in [0.5, 0.6) is 5.75 Å². The van der Waals surface area contributed by atoms with E-state index in [0.29, 0.717) is 30.9 Å². The van der Waals surface area contributed by atoms with Crippen molar-refractivity contribution in [1.29, 1.82) is 0 Å². The quantitative estimate of drug-likeness (QED) is 0.862. The average Bonchev–Trinajstić information content (AvgIpc) is 2.59. The van der Waals surface area contributed by atoms with Crippen LogP contribution in [0.25, 0.3) is 0 Å². The fourth-order valence-electron chi connectivity index (χ4n) is 3.24. The Hall–Kier alpha value is -2.08. The van der Waals surface area contributed by atoms with Gasteiger partial charge in [0.15, 0.2) is 0 Å². The summed E-state index contributed by atoms with van der Waals surface area (Å²) in [6, 6.07) is 5.73. The predicted molar refractivity (Wildman–Crippen MR) is 91.5 cm³/mol. The second-order valence-corrected chi connectivity index (χ2v) is 6.16. The van der Waals surface area contributed by atoms with Crippen LogP contribution in [0, 0.1) is 6.92 Å². The normalized spacial score (nSPS) is 15.6. The molecule has 1 aromatic carbocycles. The van der Waals surface area contributed by atoms with Crippen LogP contribution in [0.4, 0.5) is 0 Å². The van der Waals surface area contributed by atoms with Gasteiger partial charge in [-0.1, -0.05) is 13.0 Å². The first kappa shape index (κ1) is 18.3. The monoisotopic (exact) mass is 334 g/mol. The maximum atomic E-state index is 12.7. The number of carbonyl (C=O) groups excluding carboxylic acids is 1. The van der Waals surface area contributed by atoms with Crippen molar-refractivity contribution in [3.63, 3.8) is 0 Å². The molecular weight excluding hydrogens is 308 g/mol. The fourth-order valence-corrected chi connectivity index (χ4v) is 3.24. The van der Waals surface area contributed by atoms with E-state index < -0.39 is 5.97 Å². The smallest absolute Gasteiger partial charge is 0.317 e. The van der Waals surface area contributed by atoms with Crippen LogP contribution in [0.15, 0.2) is 18.2 Å². The molecule has 1 heterocycles. The first-order valence-corrected chi connectivity index (χ1v) is 8.36. The molecule has 1 saturated heterocycles. The van der Waals surface area contributed by atoms with E-state index in [2.05, 4.69) is 0 Å². The summed E-state index contributed by atoms with van der Waals surface area (Å²) in [6.45, 7) is 5.98. The molecule has 6 nitrogen and oxygen atoms in total. The molecule has 0 spiro atoms. The molecule has 1 aliphatic rings. The summed E-state index contributed by atoms with van der Waals surface area (Å²) in [5, 5.41) is 8.99. The molecule has 1 N–H and O–H groups in total. The largest absolute Gasteiger partial charge is 0.496 e. The number of hydrogen-bond donors (Lipinski definition) is 1. The van der Waals surface area contributed by atoms with Crippen molar-refractivity contribution in [2.24, 2.45) is 0 Å². The van der Waals surface area contributed by atoms with Crippen molar-refractivity contribution in [3.8, 4) is 5.75 Å². The van der Waals surface area contributed by atoms with Crippen LogP contribution in [-0.2, 0) is 4.79 Å². The molecule has 1 fully saturated rings.